The van der Waals surface area contributed by atoms with Crippen LogP contribution in [0.4, 0.5) is 0 Å². The predicted octanol–water partition coefficient (Wildman–Crippen LogP) is 8.00. The van der Waals surface area contributed by atoms with Crippen LogP contribution in [-0.2, 0) is 26.8 Å². The zero-order chi connectivity index (χ0) is 33.4. The van der Waals surface area contributed by atoms with Crippen molar-refractivity contribution in [3.05, 3.63) is 100 Å². The fourth-order valence-electron chi connectivity index (χ4n) is 4.42. The maximum Gasteiger partial charge on any atom is 0.354 e. The summed E-state index contributed by atoms with van der Waals surface area (Å²) in [6.45, 7) is 6.01. The number of benzene rings is 2. The minimum Gasteiger partial charge on any atom is -0.493 e. The number of rotatable bonds is 16. The van der Waals surface area contributed by atoms with Gasteiger partial charge in [0.2, 0.25) is 11.8 Å². The molecule has 0 radical (unpaired) electrons. The predicted molar refractivity (Wildman–Crippen MR) is 177 cm³/mol. The summed E-state index contributed by atoms with van der Waals surface area (Å²) in [4.78, 5) is 16.6. The van der Waals surface area contributed by atoms with Gasteiger partial charge in [-0.15, -0.1) is 16.4 Å². The topological polar surface area (TPSA) is 144 Å². The third-order valence-corrected chi connectivity index (χ3v) is 9.48. The molecule has 0 bridgehead atoms. The molecule has 0 spiro atoms. The number of hydrogen-bond donors (Lipinski definition) is 1. The number of carboxylic acids is 1. The first-order valence-electron chi connectivity index (χ1n) is 14.7. The highest BCUT2D eigenvalue weighted by molar-refractivity contribution is 7.57. The van der Waals surface area contributed by atoms with E-state index < -0.39 is 13.6 Å². The van der Waals surface area contributed by atoms with Gasteiger partial charge in [-0.2, -0.15) is 0 Å². The van der Waals surface area contributed by atoms with Gasteiger partial charge in [0.05, 0.1) is 36.5 Å². The third kappa shape index (κ3) is 8.38. The van der Waals surface area contributed by atoms with E-state index in [1.165, 1.54) is 11.9 Å². The molecule has 0 saturated heterocycles. The van der Waals surface area contributed by atoms with Gasteiger partial charge in [-0.3, -0.25) is 4.57 Å². The molecule has 1 N–H and O–H groups in total. The van der Waals surface area contributed by atoms with Crippen LogP contribution >= 0.6 is 18.9 Å². The molecule has 0 saturated carbocycles. The van der Waals surface area contributed by atoms with Crippen LogP contribution in [0, 0.1) is 6.92 Å². The SMILES string of the molecule is CCOP(=O)(C=Cc1cn(-c2ccccc2)nc1OCc1ccc(OCc2nc(-c3ccc(C(=O)O)s3)oc2C)c(OC)c1)OCC. The first kappa shape index (κ1) is 33.7. The van der Waals surface area contributed by atoms with Crippen LogP contribution in [0.5, 0.6) is 17.4 Å². The molecule has 246 valence electrons. The summed E-state index contributed by atoms with van der Waals surface area (Å²) < 4.78 is 49.1. The summed E-state index contributed by atoms with van der Waals surface area (Å²) in [5.41, 5.74) is 2.78. The number of para-hydroxylation sites is 1. The maximum atomic E-state index is 13.1. The van der Waals surface area contributed by atoms with E-state index in [0.29, 0.717) is 45.2 Å². The van der Waals surface area contributed by atoms with Crippen LogP contribution in [0.25, 0.3) is 22.5 Å². The summed E-state index contributed by atoms with van der Waals surface area (Å²) in [5, 5.41) is 13.8. The second-order valence-corrected chi connectivity index (χ2v) is 12.9. The number of carboxylic acid groups (broad SMARTS) is 1. The Morgan fingerprint density at radius 2 is 1.79 bits per heavy atom. The molecular weight excluding hydrogens is 645 g/mol. The Balaban J connectivity index is 1.30. The van der Waals surface area contributed by atoms with Gasteiger partial charge < -0.3 is 32.8 Å². The van der Waals surface area contributed by atoms with Gasteiger partial charge in [-0.05, 0) is 68.8 Å². The molecule has 0 aliphatic heterocycles. The molecular formula is C33H34N3O9PS. The molecule has 3 aromatic heterocycles. The quantitative estimate of drug-likeness (QED) is 0.101. The van der Waals surface area contributed by atoms with Crippen molar-refractivity contribution in [2.75, 3.05) is 20.3 Å². The number of hydrogen-bond acceptors (Lipinski definition) is 11. The highest BCUT2D eigenvalue weighted by atomic mass is 32.1. The van der Waals surface area contributed by atoms with Crippen molar-refractivity contribution in [1.29, 1.82) is 0 Å². The van der Waals surface area contributed by atoms with Gasteiger partial charge >= 0.3 is 13.6 Å². The molecule has 0 atom stereocenters. The summed E-state index contributed by atoms with van der Waals surface area (Å²) in [6.07, 6.45) is 3.41. The van der Waals surface area contributed by atoms with Crippen LogP contribution in [0.1, 0.15) is 46.1 Å². The minimum atomic E-state index is -3.44. The van der Waals surface area contributed by atoms with E-state index in [0.717, 1.165) is 22.6 Å². The van der Waals surface area contributed by atoms with Crippen molar-refractivity contribution in [2.45, 2.75) is 34.0 Å². The fourth-order valence-corrected chi connectivity index (χ4v) is 6.50. The van der Waals surface area contributed by atoms with Gasteiger partial charge in [0.15, 0.2) is 11.5 Å². The monoisotopic (exact) mass is 679 g/mol. The largest absolute Gasteiger partial charge is 0.493 e. The Morgan fingerprint density at radius 1 is 1.02 bits per heavy atom. The molecule has 3 heterocycles. The molecule has 2 aromatic carbocycles. The maximum absolute atomic E-state index is 13.1. The fraction of sp³-hybridized carbons (Fsp3) is 0.242. The standard InChI is InChI=1S/C33H34N3O9PS/c1-5-43-46(39,44-6-2)17-16-24-19-36(25-10-8-7-9-11-25)35-31(24)42-20-23-12-13-27(28(18-23)40-4)41-21-26-22(3)45-32(34-26)29-14-15-30(47-29)33(37)38/h7-19H,5-6,20-21H2,1-4H3,(H,37,38). The number of carbonyl (C=O) groups is 1. The van der Waals surface area contributed by atoms with Crippen molar-refractivity contribution < 1.29 is 42.1 Å². The average molecular weight is 680 g/mol. The number of thiophene rings is 1. The van der Waals surface area contributed by atoms with Crippen molar-refractivity contribution in [3.8, 4) is 33.8 Å². The molecule has 5 aromatic rings. The number of ether oxygens (including phenoxy) is 3. The Labute approximate surface area is 275 Å². The minimum absolute atomic E-state index is 0.110. The Morgan fingerprint density at radius 3 is 2.47 bits per heavy atom. The summed E-state index contributed by atoms with van der Waals surface area (Å²) in [7, 11) is -1.90. The lowest BCUT2D eigenvalue weighted by atomic mass is 10.2. The van der Waals surface area contributed by atoms with E-state index in [2.05, 4.69) is 10.1 Å². The van der Waals surface area contributed by atoms with Gasteiger partial charge in [0, 0.05) is 12.0 Å². The third-order valence-electron chi connectivity index (χ3n) is 6.67. The van der Waals surface area contributed by atoms with E-state index in [4.69, 9.17) is 27.7 Å². The van der Waals surface area contributed by atoms with E-state index in [1.54, 1.807) is 63.0 Å². The van der Waals surface area contributed by atoms with Crippen LogP contribution in [0.3, 0.4) is 0 Å². The lowest BCUT2D eigenvalue weighted by Crippen LogP contribution is -2.02. The Kier molecular flexibility index (Phi) is 10.9. The van der Waals surface area contributed by atoms with E-state index in [-0.39, 0.29) is 31.3 Å². The normalized spacial score (nSPS) is 11.7. The highest BCUT2D eigenvalue weighted by Gasteiger charge is 2.21. The van der Waals surface area contributed by atoms with Crippen LogP contribution in [-0.4, -0.2) is 46.2 Å². The second kappa shape index (κ2) is 15.3. The van der Waals surface area contributed by atoms with Crippen molar-refractivity contribution in [1.82, 2.24) is 14.8 Å². The number of aryl methyl sites for hydroxylation is 1. The zero-order valence-corrected chi connectivity index (χ0v) is 28.0. The highest BCUT2D eigenvalue weighted by Crippen LogP contribution is 2.50. The van der Waals surface area contributed by atoms with Gasteiger partial charge in [0.1, 0.15) is 29.5 Å². The first-order valence-corrected chi connectivity index (χ1v) is 17.1. The van der Waals surface area contributed by atoms with Crippen molar-refractivity contribution in [3.63, 3.8) is 0 Å². The number of oxazole rings is 1. The molecule has 0 unspecified atom stereocenters. The average Bonchev–Trinajstić information content (AvgIpc) is 3.81. The summed E-state index contributed by atoms with van der Waals surface area (Å²) in [6, 6.07) is 18.2. The van der Waals surface area contributed by atoms with E-state index >= 15 is 0 Å². The molecule has 14 heteroatoms. The molecule has 0 aliphatic rings. The van der Waals surface area contributed by atoms with Gasteiger partial charge in [0.25, 0.3) is 0 Å². The molecule has 0 fully saturated rings. The molecule has 0 aliphatic carbocycles. The second-order valence-electron chi connectivity index (χ2n) is 9.91. The molecule has 0 amide bonds. The molecule has 12 nitrogen and oxygen atoms in total. The van der Waals surface area contributed by atoms with E-state index in [9.17, 15) is 14.5 Å². The van der Waals surface area contributed by atoms with Crippen LogP contribution in [0.2, 0.25) is 0 Å². The number of methoxy groups -OCH3 is 1. The number of aromatic nitrogens is 3. The Hall–Kier alpha value is -4.68. The van der Waals surface area contributed by atoms with Crippen molar-refractivity contribution >= 4 is 31.0 Å². The van der Waals surface area contributed by atoms with E-state index in [1.807, 2.05) is 36.4 Å². The summed E-state index contributed by atoms with van der Waals surface area (Å²) >= 11 is 1.09. The van der Waals surface area contributed by atoms with Crippen LogP contribution in [0.15, 0.2) is 77.1 Å². The van der Waals surface area contributed by atoms with Crippen LogP contribution < -0.4 is 14.2 Å². The zero-order valence-electron chi connectivity index (χ0n) is 26.2. The first-order chi connectivity index (χ1) is 22.7. The van der Waals surface area contributed by atoms with Gasteiger partial charge in [-0.25, -0.2) is 14.5 Å². The number of nitrogens with zero attached hydrogens (tertiary/aromatic N) is 3. The Bertz CT molecular complexity index is 1890. The van der Waals surface area contributed by atoms with Gasteiger partial charge in [-0.1, -0.05) is 24.3 Å². The van der Waals surface area contributed by atoms with Crippen molar-refractivity contribution in [2.24, 2.45) is 0 Å². The molecule has 5 rings (SSSR count). The lowest BCUT2D eigenvalue weighted by molar-refractivity contribution is 0.0702. The lowest BCUT2D eigenvalue weighted by Gasteiger charge is -2.13. The summed E-state index contributed by atoms with van der Waals surface area (Å²) in [5.74, 6) is 2.61. The number of aromatic carboxylic acids is 1. The molecule has 47 heavy (non-hydrogen) atoms. The smallest absolute Gasteiger partial charge is 0.354 e.